The average Bonchev–Trinajstić information content (AvgIpc) is 2.60. The third-order valence-electron chi connectivity index (χ3n) is 4.02. The Kier molecular flexibility index (Phi) is 4.92. The maximum Gasteiger partial charge on any atom is 0.322 e. The molecule has 6 nitrogen and oxygen atoms in total. The first-order valence-electron chi connectivity index (χ1n) is 7.93. The van der Waals surface area contributed by atoms with Gasteiger partial charge in [-0.2, -0.15) is 4.72 Å². The van der Waals surface area contributed by atoms with Gasteiger partial charge < -0.3 is 10.8 Å². The molecule has 0 radical (unpaired) electrons. The fourth-order valence-corrected chi connectivity index (χ4v) is 3.95. The Morgan fingerprint density at radius 1 is 1.00 bits per heavy atom. The maximum absolute atomic E-state index is 12.6. The van der Waals surface area contributed by atoms with Gasteiger partial charge in [0.15, 0.2) is 0 Å². The van der Waals surface area contributed by atoms with E-state index in [0.29, 0.717) is 11.3 Å². The van der Waals surface area contributed by atoms with Crippen molar-refractivity contribution >= 4 is 32.5 Å². The number of aliphatic carboxylic acids is 1. The summed E-state index contributed by atoms with van der Waals surface area (Å²) in [5.41, 5.74) is 6.82. The Morgan fingerprint density at radius 3 is 2.42 bits per heavy atom. The normalized spacial score (nSPS) is 12.8. The predicted molar refractivity (Wildman–Crippen MR) is 100 cm³/mol. The summed E-state index contributed by atoms with van der Waals surface area (Å²) in [6, 6.07) is 17.4. The molecule has 0 saturated carbocycles. The fraction of sp³-hybridized carbons (Fsp3) is 0.105. The van der Waals surface area contributed by atoms with Crippen molar-refractivity contribution in [3.05, 3.63) is 72.3 Å². The van der Waals surface area contributed by atoms with E-state index in [1.165, 1.54) is 12.1 Å². The lowest BCUT2D eigenvalue weighted by Gasteiger charge is -2.15. The van der Waals surface area contributed by atoms with E-state index in [1.54, 1.807) is 36.4 Å². The molecular weight excluding hydrogens is 352 g/mol. The van der Waals surface area contributed by atoms with Gasteiger partial charge in [0.05, 0.1) is 4.90 Å². The quantitative estimate of drug-likeness (QED) is 0.577. The summed E-state index contributed by atoms with van der Waals surface area (Å²) in [7, 11) is -3.99. The third-order valence-corrected chi connectivity index (χ3v) is 5.49. The molecule has 3 aromatic rings. The van der Waals surface area contributed by atoms with Crippen LogP contribution in [0.1, 0.15) is 5.56 Å². The van der Waals surface area contributed by atoms with Gasteiger partial charge in [-0.1, -0.05) is 42.5 Å². The molecule has 1 atom stereocenters. The predicted octanol–water partition coefficient (Wildman–Crippen LogP) is 2.40. The summed E-state index contributed by atoms with van der Waals surface area (Å²) in [5.74, 6) is -1.25. The number of hydrogen-bond acceptors (Lipinski definition) is 4. The Balaban J connectivity index is 1.87. The van der Waals surface area contributed by atoms with Gasteiger partial charge in [-0.3, -0.25) is 4.79 Å². The molecule has 0 aromatic heterocycles. The minimum atomic E-state index is -3.99. The van der Waals surface area contributed by atoms with Gasteiger partial charge in [-0.25, -0.2) is 8.42 Å². The molecule has 3 aromatic carbocycles. The largest absolute Gasteiger partial charge is 0.480 e. The van der Waals surface area contributed by atoms with Crippen molar-refractivity contribution in [3.63, 3.8) is 0 Å². The summed E-state index contributed by atoms with van der Waals surface area (Å²) < 4.78 is 27.6. The van der Waals surface area contributed by atoms with Crippen LogP contribution in [0.4, 0.5) is 5.69 Å². The van der Waals surface area contributed by atoms with Crippen molar-refractivity contribution in [1.29, 1.82) is 0 Å². The van der Waals surface area contributed by atoms with Crippen LogP contribution in [0, 0.1) is 0 Å². The van der Waals surface area contributed by atoms with Crippen molar-refractivity contribution in [3.8, 4) is 0 Å². The summed E-state index contributed by atoms with van der Waals surface area (Å²) in [4.78, 5) is 11.6. The maximum atomic E-state index is 12.6. The number of hydrogen-bond donors (Lipinski definition) is 3. The summed E-state index contributed by atoms with van der Waals surface area (Å²) >= 11 is 0. The van der Waals surface area contributed by atoms with Gasteiger partial charge in [0.1, 0.15) is 6.04 Å². The highest BCUT2D eigenvalue weighted by Gasteiger charge is 2.26. The Morgan fingerprint density at radius 2 is 1.73 bits per heavy atom. The Hall–Kier alpha value is -2.90. The van der Waals surface area contributed by atoms with Gasteiger partial charge in [0, 0.05) is 5.69 Å². The van der Waals surface area contributed by atoms with E-state index in [-0.39, 0.29) is 11.3 Å². The second kappa shape index (κ2) is 7.15. The monoisotopic (exact) mass is 370 g/mol. The summed E-state index contributed by atoms with van der Waals surface area (Å²) in [6.07, 6.45) is -0.00676. The van der Waals surface area contributed by atoms with E-state index in [2.05, 4.69) is 4.72 Å². The van der Waals surface area contributed by atoms with Crippen LogP contribution >= 0.6 is 0 Å². The van der Waals surface area contributed by atoms with Gasteiger partial charge in [0.25, 0.3) is 0 Å². The van der Waals surface area contributed by atoms with Crippen molar-refractivity contribution in [2.45, 2.75) is 17.4 Å². The first-order valence-corrected chi connectivity index (χ1v) is 9.42. The highest BCUT2D eigenvalue weighted by Crippen LogP contribution is 2.19. The molecule has 3 rings (SSSR count). The minimum absolute atomic E-state index is 0.00676. The van der Waals surface area contributed by atoms with Crippen molar-refractivity contribution in [1.82, 2.24) is 4.72 Å². The molecule has 7 heteroatoms. The highest BCUT2D eigenvalue weighted by atomic mass is 32.2. The molecule has 0 heterocycles. The van der Waals surface area contributed by atoms with Crippen molar-refractivity contribution in [2.24, 2.45) is 0 Å². The van der Waals surface area contributed by atoms with Crippen molar-refractivity contribution < 1.29 is 18.3 Å². The highest BCUT2D eigenvalue weighted by molar-refractivity contribution is 7.89. The number of nitrogens with one attached hydrogen (secondary N) is 1. The number of carbonyl (C=O) groups is 1. The Labute approximate surface area is 151 Å². The number of carboxylic acid groups (broad SMARTS) is 1. The first-order chi connectivity index (χ1) is 12.3. The zero-order valence-corrected chi connectivity index (χ0v) is 14.6. The number of fused-ring (bicyclic) bond motifs is 1. The average molecular weight is 370 g/mol. The summed E-state index contributed by atoms with van der Waals surface area (Å²) in [5, 5.41) is 11.1. The van der Waals surface area contributed by atoms with Crippen LogP contribution in [0.25, 0.3) is 10.8 Å². The van der Waals surface area contributed by atoms with Crippen LogP contribution in [-0.4, -0.2) is 25.5 Å². The van der Waals surface area contributed by atoms with E-state index >= 15 is 0 Å². The molecule has 0 amide bonds. The lowest BCUT2D eigenvalue weighted by atomic mass is 10.1. The molecule has 26 heavy (non-hydrogen) atoms. The fourth-order valence-electron chi connectivity index (χ4n) is 2.73. The van der Waals surface area contributed by atoms with Crippen molar-refractivity contribution in [2.75, 3.05) is 5.73 Å². The first kappa shape index (κ1) is 17.9. The lowest BCUT2D eigenvalue weighted by molar-refractivity contribution is -0.138. The molecule has 0 saturated heterocycles. The number of benzene rings is 3. The van der Waals surface area contributed by atoms with E-state index in [9.17, 15) is 18.3 Å². The molecule has 134 valence electrons. The van der Waals surface area contributed by atoms with Gasteiger partial charge in [0.2, 0.25) is 10.0 Å². The minimum Gasteiger partial charge on any atom is -0.480 e. The topological polar surface area (TPSA) is 109 Å². The van der Waals surface area contributed by atoms with Crippen LogP contribution < -0.4 is 10.5 Å². The number of carboxylic acids is 1. The number of nitrogens with two attached hydrogens (primary N) is 1. The number of rotatable bonds is 6. The molecule has 0 aliphatic heterocycles. The lowest BCUT2D eigenvalue weighted by Crippen LogP contribution is -2.42. The molecule has 0 aliphatic rings. The smallest absolute Gasteiger partial charge is 0.322 e. The number of anilines is 1. The standard InChI is InChI=1S/C19H18N2O4S/c20-16-7-3-4-13(10-16)11-18(19(22)23)21-26(24,25)17-9-8-14-5-1-2-6-15(14)12-17/h1-10,12,18,21H,11,20H2,(H,22,23)/t18-/m0/s1. The van der Waals surface area contributed by atoms with E-state index in [0.717, 1.165) is 10.8 Å². The van der Waals surface area contributed by atoms with Crippen LogP contribution in [0.5, 0.6) is 0 Å². The van der Waals surface area contributed by atoms with Gasteiger partial charge >= 0.3 is 5.97 Å². The summed E-state index contributed by atoms with van der Waals surface area (Å²) in [6.45, 7) is 0. The van der Waals surface area contributed by atoms with Gasteiger partial charge in [-0.05, 0) is 47.0 Å². The third kappa shape index (κ3) is 4.01. The molecule has 0 spiro atoms. The number of sulfonamides is 1. The van der Waals surface area contributed by atoms with Crippen LogP contribution in [-0.2, 0) is 21.2 Å². The Bertz CT molecular complexity index is 1060. The molecule has 4 N–H and O–H groups in total. The van der Waals surface area contributed by atoms with E-state index < -0.39 is 22.0 Å². The van der Waals surface area contributed by atoms with Crippen LogP contribution in [0.3, 0.4) is 0 Å². The second-order valence-electron chi connectivity index (χ2n) is 5.97. The zero-order chi connectivity index (χ0) is 18.7. The molecule has 0 unspecified atom stereocenters. The van der Waals surface area contributed by atoms with Crippen LogP contribution in [0.2, 0.25) is 0 Å². The molecule has 0 fully saturated rings. The van der Waals surface area contributed by atoms with Crippen LogP contribution in [0.15, 0.2) is 71.6 Å². The molecule has 0 aliphatic carbocycles. The molecular formula is C19H18N2O4S. The SMILES string of the molecule is Nc1cccc(C[C@H](NS(=O)(=O)c2ccc3ccccc3c2)C(=O)O)c1. The van der Waals surface area contributed by atoms with Gasteiger partial charge in [-0.15, -0.1) is 0 Å². The second-order valence-corrected chi connectivity index (χ2v) is 7.68. The molecule has 0 bridgehead atoms. The number of nitrogen functional groups attached to an aromatic ring is 1. The zero-order valence-electron chi connectivity index (χ0n) is 13.8. The van der Waals surface area contributed by atoms with E-state index in [4.69, 9.17) is 5.73 Å². The van der Waals surface area contributed by atoms with E-state index in [1.807, 2.05) is 18.2 Å².